The quantitative estimate of drug-likeness (QED) is 0.554. The second-order valence-electron chi connectivity index (χ2n) is 5.72. The summed E-state index contributed by atoms with van der Waals surface area (Å²) in [5.74, 6) is 0.722. The van der Waals surface area contributed by atoms with E-state index < -0.39 is 0 Å². The van der Waals surface area contributed by atoms with E-state index in [1.165, 1.54) is 0 Å². The molecule has 3 heterocycles. The van der Waals surface area contributed by atoms with E-state index in [1.807, 2.05) is 41.8 Å². The molecule has 26 heavy (non-hydrogen) atoms. The highest BCUT2D eigenvalue weighted by Crippen LogP contribution is 2.29. The molecule has 1 aromatic carbocycles. The van der Waals surface area contributed by atoms with E-state index in [0.29, 0.717) is 17.2 Å². The van der Waals surface area contributed by atoms with Crippen LogP contribution in [0.1, 0.15) is 16.3 Å². The zero-order valence-corrected chi connectivity index (χ0v) is 14.8. The minimum absolute atomic E-state index is 0.274. The number of aromatic nitrogens is 2. The van der Waals surface area contributed by atoms with Gasteiger partial charge < -0.3 is 9.73 Å². The number of benzene rings is 1. The first-order valence-electron chi connectivity index (χ1n) is 8.03. The Morgan fingerprint density at radius 2 is 2.00 bits per heavy atom. The van der Waals surface area contributed by atoms with E-state index in [0.717, 1.165) is 21.8 Å². The zero-order chi connectivity index (χ0) is 17.9. The van der Waals surface area contributed by atoms with Crippen molar-refractivity contribution in [3.8, 4) is 21.8 Å². The topological polar surface area (TPSA) is 68.0 Å². The molecule has 0 spiro atoms. The molecule has 1 N–H and O–H groups in total. The molecule has 0 atom stereocenters. The minimum atomic E-state index is -0.274. The van der Waals surface area contributed by atoms with Gasteiger partial charge in [0.15, 0.2) is 5.76 Å². The van der Waals surface area contributed by atoms with Crippen LogP contribution in [0.15, 0.2) is 70.7 Å². The summed E-state index contributed by atoms with van der Waals surface area (Å²) in [5.41, 5.74) is 3.47. The third kappa shape index (κ3) is 3.41. The molecule has 5 nitrogen and oxygen atoms in total. The average molecular weight is 361 g/mol. The number of thiazole rings is 1. The Balaban J connectivity index is 1.56. The summed E-state index contributed by atoms with van der Waals surface area (Å²) < 4.78 is 5.36. The molecule has 0 bridgehead atoms. The highest BCUT2D eigenvalue weighted by atomic mass is 32.1. The van der Waals surface area contributed by atoms with Crippen molar-refractivity contribution in [2.75, 3.05) is 5.32 Å². The third-order valence-corrected chi connectivity index (χ3v) is 4.68. The molecule has 0 saturated heterocycles. The molecule has 0 aliphatic carbocycles. The Morgan fingerprint density at radius 3 is 2.77 bits per heavy atom. The van der Waals surface area contributed by atoms with E-state index in [4.69, 9.17) is 4.42 Å². The van der Waals surface area contributed by atoms with Crippen LogP contribution in [-0.2, 0) is 0 Å². The molecule has 0 radical (unpaired) electrons. The molecule has 1 amide bonds. The number of nitrogens with one attached hydrogen (secondary N) is 1. The molecule has 0 unspecified atom stereocenters. The number of nitrogens with zero attached hydrogens (tertiary/aromatic N) is 2. The predicted octanol–water partition coefficient (Wildman–Crippen LogP) is 5.03. The summed E-state index contributed by atoms with van der Waals surface area (Å²) in [7, 11) is 0. The van der Waals surface area contributed by atoms with Gasteiger partial charge in [-0.1, -0.05) is 12.1 Å². The van der Waals surface area contributed by atoms with Gasteiger partial charge >= 0.3 is 0 Å². The van der Waals surface area contributed by atoms with Crippen LogP contribution in [0.3, 0.4) is 0 Å². The van der Waals surface area contributed by atoms with Gasteiger partial charge in [-0.3, -0.25) is 9.78 Å². The number of rotatable bonds is 4. The highest BCUT2D eigenvalue weighted by Gasteiger charge is 2.12. The van der Waals surface area contributed by atoms with Crippen molar-refractivity contribution in [2.24, 2.45) is 0 Å². The van der Waals surface area contributed by atoms with Gasteiger partial charge in [-0.05, 0) is 43.3 Å². The summed E-state index contributed by atoms with van der Waals surface area (Å²) in [6, 6.07) is 14.9. The smallest absolute Gasteiger partial charge is 0.291 e. The SMILES string of the molecule is Cc1ccc(C(=O)Nc2cccc(-c3csc(-c4cccnc4)n3)c2)o1. The maximum atomic E-state index is 12.2. The lowest BCUT2D eigenvalue weighted by Gasteiger charge is -2.05. The molecular formula is C20H15N3O2S. The van der Waals surface area contributed by atoms with Gasteiger partial charge in [-0.15, -0.1) is 11.3 Å². The number of carbonyl (C=O) groups is 1. The first-order chi connectivity index (χ1) is 12.7. The van der Waals surface area contributed by atoms with E-state index >= 15 is 0 Å². The lowest BCUT2D eigenvalue weighted by atomic mass is 10.1. The zero-order valence-electron chi connectivity index (χ0n) is 14.0. The number of hydrogen-bond donors (Lipinski definition) is 1. The fourth-order valence-electron chi connectivity index (χ4n) is 2.53. The van der Waals surface area contributed by atoms with E-state index in [9.17, 15) is 4.79 Å². The number of hydrogen-bond acceptors (Lipinski definition) is 5. The van der Waals surface area contributed by atoms with Crippen molar-refractivity contribution in [2.45, 2.75) is 6.92 Å². The summed E-state index contributed by atoms with van der Waals surface area (Å²) in [6.07, 6.45) is 3.54. The lowest BCUT2D eigenvalue weighted by molar-refractivity contribution is 0.0995. The maximum Gasteiger partial charge on any atom is 0.291 e. The summed E-state index contributed by atoms with van der Waals surface area (Å²) >= 11 is 1.56. The van der Waals surface area contributed by atoms with Crippen LogP contribution in [0.2, 0.25) is 0 Å². The standard InChI is InChI=1S/C20H15N3O2S/c1-13-7-8-18(25-13)19(24)22-16-6-2-4-14(10-16)17-12-26-20(23-17)15-5-3-9-21-11-15/h2-12H,1H3,(H,22,24). The maximum absolute atomic E-state index is 12.2. The fourth-order valence-corrected chi connectivity index (χ4v) is 3.35. The van der Waals surface area contributed by atoms with Gasteiger partial charge in [0.25, 0.3) is 5.91 Å². The minimum Gasteiger partial charge on any atom is -0.456 e. The summed E-state index contributed by atoms with van der Waals surface area (Å²) in [6.45, 7) is 1.81. The van der Waals surface area contributed by atoms with Gasteiger partial charge in [0.2, 0.25) is 0 Å². The molecule has 128 valence electrons. The van der Waals surface area contributed by atoms with Crippen LogP contribution in [0.5, 0.6) is 0 Å². The first-order valence-corrected chi connectivity index (χ1v) is 8.91. The largest absolute Gasteiger partial charge is 0.456 e. The summed E-state index contributed by atoms with van der Waals surface area (Å²) in [4.78, 5) is 21.0. The van der Waals surface area contributed by atoms with Crippen molar-refractivity contribution in [1.29, 1.82) is 0 Å². The molecule has 6 heteroatoms. The fraction of sp³-hybridized carbons (Fsp3) is 0.0500. The molecule has 3 aromatic heterocycles. The van der Waals surface area contributed by atoms with Crippen LogP contribution in [0.4, 0.5) is 5.69 Å². The monoisotopic (exact) mass is 361 g/mol. The molecule has 4 rings (SSSR count). The van der Waals surface area contributed by atoms with E-state index in [-0.39, 0.29) is 5.91 Å². The Hall–Kier alpha value is -3.25. The van der Waals surface area contributed by atoms with Gasteiger partial charge in [-0.2, -0.15) is 0 Å². The Labute approximate surface area is 154 Å². The third-order valence-electron chi connectivity index (χ3n) is 3.79. The number of amides is 1. The first kappa shape index (κ1) is 16.2. The van der Waals surface area contributed by atoms with Gasteiger partial charge in [-0.25, -0.2) is 4.98 Å². The van der Waals surface area contributed by atoms with E-state index in [2.05, 4.69) is 15.3 Å². The number of carbonyl (C=O) groups excluding carboxylic acids is 1. The van der Waals surface area contributed by atoms with Crippen molar-refractivity contribution >= 4 is 22.9 Å². The average Bonchev–Trinajstić information content (AvgIpc) is 3.32. The normalized spacial score (nSPS) is 10.7. The van der Waals surface area contributed by atoms with Crippen LogP contribution in [-0.4, -0.2) is 15.9 Å². The lowest BCUT2D eigenvalue weighted by Crippen LogP contribution is -2.10. The number of aryl methyl sites for hydroxylation is 1. The van der Waals surface area contributed by atoms with Crippen molar-refractivity contribution in [3.63, 3.8) is 0 Å². The van der Waals surface area contributed by atoms with Crippen LogP contribution < -0.4 is 5.32 Å². The Kier molecular flexibility index (Phi) is 4.33. The van der Waals surface area contributed by atoms with Gasteiger partial charge in [0.1, 0.15) is 10.8 Å². The van der Waals surface area contributed by atoms with Crippen LogP contribution in [0.25, 0.3) is 21.8 Å². The van der Waals surface area contributed by atoms with Crippen LogP contribution in [0, 0.1) is 6.92 Å². The number of furan rings is 1. The van der Waals surface area contributed by atoms with Gasteiger partial charge in [0.05, 0.1) is 5.69 Å². The van der Waals surface area contributed by atoms with Crippen molar-refractivity contribution in [1.82, 2.24) is 9.97 Å². The molecule has 0 aliphatic rings. The van der Waals surface area contributed by atoms with Crippen molar-refractivity contribution in [3.05, 3.63) is 77.8 Å². The number of anilines is 1. The second kappa shape index (κ2) is 6.93. The highest BCUT2D eigenvalue weighted by molar-refractivity contribution is 7.13. The Morgan fingerprint density at radius 1 is 1.12 bits per heavy atom. The Bertz CT molecular complexity index is 1050. The van der Waals surface area contributed by atoms with E-state index in [1.54, 1.807) is 42.8 Å². The summed E-state index contributed by atoms with van der Waals surface area (Å²) in [5, 5.41) is 5.76. The predicted molar refractivity (Wildman–Crippen MR) is 102 cm³/mol. The molecule has 0 fully saturated rings. The van der Waals surface area contributed by atoms with Gasteiger partial charge in [0, 0.05) is 34.6 Å². The second-order valence-corrected chi connectivity index (χ2v) is 6.58. The molecule has 0 saturated carbocycles. The van der Waals surface area contributed by atoms with Crippen molar-refractivity contribution < 1.29 is 9.21 Å². The molecule has 4 aromatic rings. The van der Waals surface area contributed by atoms with Crippen LogP contribution >= 0.6 is 11.3 Å². The molecular weight excluding hydrogens is 346 g/mol. The molecule has 0 aliphatic heterocycles. The number of pyridine rings is 1.